The number of rotatable bonds is 2. The second-order valence-electron chi connectivity index (χ2n) is 6.26. The molecule has 0 radical (unpaired) electrons. The van der Waals surface area contributed by atoms with Gasteiger partial charge in [0.2, 0.25) is 0 Å². The fourth-order valence-electron chi connectivity index (χ4n) is 3.42. The van der Waals surface area contributed by atoms with Crippen LogP contribution in [0.15, 0.2) is 40.8 Å². The molecule has 2 heterocycles. The van der Waals surface area contributed by atoms with Crippen molar-refractivity contribution in [1.29, 1.82) is 0 Å². The molecule has 0 spiro atoms. The average Bonchev–Trinajstić information content (AvgIpc) is 3.01. The lowest BCUT2D eigenvalue weighted by atomic mass is 10.1. The van der Waals surface area contributed by atoms with Crippen molar-refractivity contribution in [2.45, 2.75) is 27.7 Å². The van der Waals surface area contributed by atoms with E-state index in [4.69, 9.17) is 4.42 Å². The van der Waals surface area contributed by atoms with Crippen LogP contribution in [0.1, 0.15) is 34.4 Å². The number of nitrogens with zero attached hydrogens (tertiary/aromatic N) is 2. The smallest absolute Gasteiger partial charge is 0.192 e. The van der Waals surface area contributed by atoms with Crippen molar-refractivity contribution < 1.29 is 9.21 Å². The van der Waals surface area contributed by atoms with Crippen molar-refractivity contribution in [3.8, 4) is 5.69 Å². The van der Waals surface area contributed by atoms with E-state index in [1.807, 2.05) is 26.0 Å². The number of benzene rings is 2. The molecule has 2 aromatic heterocycles. The normalized spacial score (nSPS) is 11.5. The van der Waals surface area contributed by atoms with Gasteiger partial charge in [0.15, 0.2) is 17.3 Å². The average molecular weight is 318 g/mol. The first-order valence-electron chi connectivity index (χ1n) is 7.96. The van der Waals surface area contributed by atoms with Gasteiger partial charge in [0.1, 0.15) is 5.52 Å². The van der Waals surface area contributed by atoms with Crippen LogP contribution in [0, 0.1) is 20.8 Å². The van der Waals surface area contributed by atoms with Crippen molar-refractivity contribution in [2.24, 2.45) is 0 Å². The Kier molecular flexibility index (Phi) is 3.10. The highest BCUT2D eigenvalue weighted by atomic mass is 16.3. The molecule has 0 atom stereocenters. The molecule has 0 saturated heterocycles. The van der Waals surface area contributed by atoms with E-state index in [0.717, 1.165) is 33.4 Å². The number of Topliss-reactive ketones (excluding diaryl/α,β-unsaturated/α-hetero) is 1. The second-order valence-corrected chi connectivity index (χ2v) is 6.26. The van der Waals surface area contributed by atoms with Crippen molar-refractivity contribution >= 4 is 27.8 Å². The molecule has 0 bridgehead atoms. The van der Waals surface area contributed by atoms with E-state index in [-0.39, 0.29) is 5.78 Å². The molecule has 0 fully saturated rings. The fourth-order valence-corrected chi connectivity index (χ4v) is 3.42. The maximum Gasteiger partial charge on any atom is 0.192 e. The number of hydrogen-bond acceptors (Lipinski definition) is 3. The molecule has 0 aliphatic rings. The lowest BCUT2D eigenvalue weighted by Crippen LogP contribution is -1.99. The first kappa shape index (κ1) is 14.7. The van der Waals surface area contributed by atoms with Crippen LogP contribution in [0.5, 0.6) is 0 Å². The number of hydrogen-bond donors (Lipinski definition) is 0. The Bertz CT molecular complexity index is 1100. The fraction of sp³-hybridized carbons (Fsp3) is 0.200. The van der Waals surface area contributed by atoms with Gasteiger partial charge in [0.05, 0.1) is 5.52 Å². The summed E-state index contributed by atoms with van der Waals surface area (Å²) in [5, 5.41) is 0.907. The predicted octanol–water partition coefficient (Wildman–Crippen LogP) is 4.90. The van der Waals surface area contributed by atoms with Gasteiger partial charge in [-0.05, 0) is 45.0 Å². The number of aryl methyl sites for hydroxylation is 2. The molecule has 0 saturated carbocycles. The highest BCUT2D eigenvalue weighted by Gasteiger charge is 2.20. The number of carbonyl (C=O) groups is 1. The molecule has 4 heteroatoms. The summed E-state index contributed by atoms with van der Waals surface area (Å²) < 4.78 is 7.77. The van der Waals surface area contributed by atoms with Gasteiger partial charge in [-0.1, -0.05) is 17.7 Å². The molecule has 0 unspecified atom stereocenters. The molecule has 0 aliphatic heterocycles. The molecular weight excluding hydrogens is 300 g/mol. The third-order valence-corrected chi connectivity index (χ3v) is 4.46. The summed E-state index contributed by atoms with van der Waals surface area (Å²) in [5.74, 6) is 0.680. The minimum absolute atomic E-state index is 0.0546. The number of ketones is 1. The van der Waals surface area contributed by atoms with Crippen molar-refractivity contribution in [3.63, 3.8) is 0 Å². The summed E-state index contributed by atoms with van der Waals surface area (Å²) >= 11 is 0. The van der Waals surface area contributed by atoms with Crippen LogP contribution >= 0.6 is 0 Å². The third-order valence-electron chi connectivity index (χ3n) is 4.46. The zero-order chi connectivity index (χ0) is 17.0. The van der Waals surface area contributed by atoms with Crippen LogP contribution in [-0.2, 0) is 0 Å². The van der Waals surface area contributed by atoms with Crippen LogP contribution in [0.2, 0.25) is 0 Å². The quantitative estimate of drug-likeness (QED) is 0.494. The van der Waals surface area contributed by atoms with Crippen molar-refractivity contribution in [3.05, 3.63) is 59.1 Å². The number of fused-ring (bicyclic) bond motifs is 2. The highest BCUT2D eigenvalue weighted by molar-refractivity contribution is 6.11. The lowest BCUT2D eigenvalue weighted by molar-refractivity contribution is 0.101. The van der Waals surface area contributed by atoms with E-state index in [0.29, 0.717) is 11.5 Å². The maximum atomic E-state index is 12.3. The molecule has 24 heavy (non-hydrogen) atoms. The SMILES string of the molecule is CC(=O)c1c(C)n(-c2ccc(C)cc2)c2cc3nc(C)oc3cc12. The zero-order valence-electron chi connectivity index (χ0n) is 14.2. The van der Waals surface area contributed by atoms with Gasteiger partial charge in [0.25, 0.3) is 0 Å². The molecule has 0 aliphatic carbocycles. The van der Waals surface area contributed by atoms with Crippen LogP contribution < -0.4 is 0 Å². The second kappa shape index (κ2) is 5.06. The largest absolute Gasteiger partial charge is 0.441 e. The zero-order valence-corrected chi connectivity index (χ0v) is 14.2. The standard InChI is InChI=1S/C20H18N2O2/c1-11-5-7-15(8-6-11)22-12(2)20(13(3)23)16-9-19-17(10-18(16)22)21-14(4)24-19/h5-10H,1-4H3. The molecule has 4 rings (SSSR count). The molecule has 0 N–H and O–H groups in total. The lowest BCUT2D eigenvalue weighted by Gasteiger charge is -2.09. The Morgan fingerprint density at radius 2 is 1.79 bits per heavy atom. The van der Waals surface area contributed by atoms with Crippen LogP contribution in [0.4, 0.5) is 0 Å². The molecular formula is C20H18N2O2. The van der Waals surface area contributed by atoms with Crippen molar-refractivity contribution in [2.75, 3.05) is 0 Å². The summed E-state index contributed by atoms with van der Waals surface area (Å²) in [7, 11) is 0. The summed E-state index contributed by atoms with van der Waals surface area (Å²) in [6.45, 7) is 7.48. The van der Waals surface area contributed by atoms with E-state index in [9.17, 15) is 4.79 Å². The number of oxazole rings is 1. The molecule has 4 nitrogen and oxygen atoms in total. The molecule has 120 valence electrons. The maximum absolute atomic E-state index is 12.3. The minimum Gasteiger partial charge on any atom is -0.441 e. The van der Waals surface area contributed by atoms with Gasteiger partial charge in [-0.3, -0.25) is 4.79 Å². The first-order valence-corrected chi connectivity index (χ1v) is 7.96. The monoisotopic (exact) mass is 318 g/mol. The molecule has 0 amide bonds. The van der Waals surface area contributed by atoms with E-state index >= 15 is 0 Å². The van der Waals surface area contributed by atoms with Gasteiger partial charge < -0.3 is 8.98 Å². The van der Waals surface area contributed by atoms with E-state index in [2.05, 4.69) is 40.7 Å². The Labute approximate surface area is 139 Å². The summed E-state index contributed by atoms with van der Waals surface area (Å²) in [5.41, 5.74) is 6.41. The first-order chi connectivity index (χ1) is 11.5. The Morgan fingerprint density at radius 1 is 1.08 bits per heavy atom. The van der Waals surface area contributed by atoms with Crippen LogP contribution in [0.25, 0.3) is 27.7 Å². The summed E-state index contributed by atoms with van der Waals surface area (Å²) in [6, 6.07) is 12.2. The van der Waals surface area contributed by atoms with Crippen molar-refractivity contribution in [1.82, 2.24) is 9.55 Å². The van der Waals surface area contributed by atoms with Gasteiger partial charge in [-0.15, -0.1) is 0 Å². The minimum atomic E-state index is 0.0546. The van der Waals surface area contributed by atoms with E-state index in [1.54, 1.807) is 6.92 Å². The number of aromatic nitrogens is 2. The van der Waals surface area contributed by atoms with Gasteiger partial charge in [0, 0.05) is 29.3 Å². The van der Waals surface area contributed by atoms with E-state index in [1.165, 1.54) is 5.56 Å². The summed E-state index contributed by atoms with van der Waals surface area (Å²) in [6.07, 6.45) is 0. The topological polar surface area (TPSA) is 48.0 Å². The summed E-state index contributed by atoms with van der Waals surface area (Å²) in [4.78, 5) is 16.7. The Morgan fingerprint density at radius 3 is 2.46 bits per heavy atom. The van der Waals surface area contributed by atoms with Crippen LogP contribution in [0.3, 0.4) is 0 Å². The Balaban J connectivity index is 2.14. The Hall–Kier alpha value is -2.88. The van der Waals surface area contributed by atoms with Gasteiger partial charge in [-0.25, -0.2) is 4.98 Å². The van der Waals surface area contributed by atoms with Gasteiger partial charge >= 0.3 is 0 Å². The van der Waals surface area contributed by atoms with E-state index < -0.39 is 0 Å². The highest BCUT2D eigenvalue weighted by Crippen LogP contribution is 2.33. The van der Waals surface area contributed by atoms with Gasteiger partial charge in [-0.2, -0.15) is 0 Å². The number of carbonyl (C=O) groups excluding carboxylic acids is 1. The van der Waals surface area contributed by atoms with Crippen LogP contribution in [-0.4, -0.2) is 15.3 Å². The molecule has 2 aromatic carbocycles. The predicted molar refractivity (Wildman–Crippen MR) is 95.1 cm³/mol. The third kappa shape index (κ3) is 2.07. The molecule has 4 aromatic rings.